The molecule has 0 saturated carbocycles. The highest BCUT2D eigenvalue weighted by molar-refractivity contribution is 9.10. The average molecular weight is 315 g/mol. The Bertz CT molecular complexity index is 658. The highest BCUT2D eigenvalue weighted by Gasteiger charge is 2.22. The van der Waals surface area contributed by atoms with Gasteiger partial charge in [-0.05, 0) is 47.2 Å². The van der Waals surface area contributed by atoms with Crippen molar-refractivity contribution in [3.05, 3.63) is 68.7 Å². The maximum absolute atomic E-state index is 11.3. The summed E-state index contributed by atoms with van der Waals surface area (Å²) in [6.45, 7) is 2.18. The van der Waals surface area contributed by atoms with Crippen LogP contribution in [0, 0.1) is 0 Å². The molecule has 0 aromatic heterocycles. The second-order valence-corrected chi connectivity index (χ2v) is 5.95. The maximum atomic E-state index is 11.3. The quantitative estimate of drug-likeness (QED) is 0.823. The molecule has 0 atom stereocenters. The van der Waals surface area contributed by atoms with E-state index in [1.54, 1.807) is 0 Å². The Labute approximate surface area is 121 Å². The molecule has 0 spiro atoms. The van der Waals surface area contributed by atoms with Crippen LogP contribution >= 0.6 is 15.9 Å². The van der Waals surface area contributed by atoms with E-state index in [1.165, 1.54) is 22.3 Å². The molecule has 1 aliphatic carbocycles. The summed E-state index contributed by atoms with van der Waals surface area (Å²) in [6, 6.07) is 12.7. The molecule has 0 bridgehead atoms. The molecule has 1 nitrogen and oxygen atoms in total. The van der Waals surface area contributed by atoms with Gasteiger partial charge < -0.3 is 0 Å². The van der Waals surface area contributed by atoms with Gasteiger partial charge in [0.25, 0.3) is 0 Å². The van der Waals surface area contributed by atoms with Gasteiger partial charge in [-0.3, -0.25) is 4.79 Å². The Morgan fingerprint density at radius 3 is 2.63 bits per heavy atom. The molecule has 3 rings (SSSR count). The summed E-state index contributed by atoms with van der Waals surface area (Å²) in [5.74, 6) is 0.276. The van der Waals surface area contributed by atoms with Crippen molar-refractivity contribution in [3.63, 3.8) is 0 Å². The minimum Gasteiger partial charge on any atom is -0.294 e. The van der Waals surface area contributed by atoms with E-state index in [0.717, 1.165) is 22.9 Å². The van der Waals surface area contributed by atoms with Crippen molar-refractivity contribution in [2.75, 3.05) is 0 Å². The van der Waals surface area contributed by atoms with E-state index in [-0.39, 0.29) is 5.78 Å². The molecule has 0 amide bonds. The van der Waals surface area contributed by atoms with Gasteiger partial charge in [-0.2, -0.15) is 0 Å². The van der Waals surface area contributed by atoms with Crippen molar-refractivity contribution in [1.82, 2.24) is 0 Å². The number of rotatable bonds is 3. The minimum absolute atomic E-state index is 0.276. The van der Waals surface area contributed by atoms with Crippen molar-refractivity contribution in [2.24, 2.45) is 0 Å². The standard InChI is InChI=1S/C17H15BrO/c1-2-12-4-5-15(18)9-13(12)7-11-3-6-16-14(8-11)10-17(16)19/h3-6,8-9H,2,7,10H2,1H3. The summed E-state index contributed by atoms with van der Waals surface area (Å²) in [7, 11) is 0. The summed E-state index contributed by atoms with van der Waals surface area (Å²) in [5, 5.41) is 0. The number of aryl methyl sites for hydroxylation is 1. The summed E-state index contributed by atoms with van der Waals surface area (Å²) in [6.07, 6.45) is 2.60. The Balaban J connectivity index is 1.91. The van der Waals surface area contributed by atoms with Gasteiger partial charge >= 0.3 is 0 Å². The summed E-state index contributed by atoms with van der Waals surface area (Å²) < 4.78 is 1.12. The van der Waals surface area contributed by atoms with Gasteiger partial charge in [0, 0.05) is 16.5 Å². The van der Waals surface area contributed by atoms with Crippen molar-refractivity contribution >= 4 is 21.7 Å². The molecule has 2 aromatic rings. The van der Waals surface area contributed by atoms with E-state index in [9.17, 15) is 4.79 Å². The van der Waals surface area contributed by atoms with Gasteiger partial charge in [0.1, 0.15) is 0 Å². The third-order valence-electron chi connectivity index (χ3n) is 3.76. The van der Waals surface area contributed by atoms with Crippen LogP contribution in [0.3, 0.4) is 0 Å². The van der Waals surface area contributed by atoms with Crippen molar-refractivity contribution in [2.45, 2.75) is 26.2 Å². The molecule has 0 radical (unpaired) electrons. The molecule has 0 N–H and O–H groups in total. The number of benzene rings is 2. The Morgan fingerprint density at radius 2 is 1.95 bits per heavy atom. The monoisotopic (exact) mass is 314 g/mol. The number of hydrogen-bond acceptors (Lipinski definition) is 1. The third kappa shape index (κ3) is 2.37. The molecule has 96 valence electrons. The lowest BCUT2D eigenvalue weighted by molar-refractivity contribution is 0.0968. The van der Waals surface area contributed by atoms with Crippen LogP contribution in [0.5, 0.6) is 0 Å². The van der Waals surface area contributed by atoms with Crippen LogP contribution in [-0.2, 0) is 19.3 Å². The normalized spacial score (nSPS) is 13.1. The first-order valence-electron chi connectivity index (χ1n) is 6.59. The smallest absolute Gasteiger partial charge is 0.167 e. The molecule has 2 aromatic carbocycles. The predicted octanol–water partition coefficient (Wildman–Crippen LogP) is 4.34. The maximum Gasteiger partial charge on any atom is 0.167 e. The van der Waals surface area contributed by atoms with Crippen LogP contribution < -0.4 is 0 Å². The second kappa shape index (κ2) is 4.93. The van der Waals surface area contributed by atoms with Gasteiger partial charge in [-0.15, -0.1) is 0 Å². The molecule has 19 heavy (non-hydrogen) atoms. The third-order valence-corrected chi connectivity index (χ3v) is 4.26. The van der Waals surface area contributed by atoms with E-state index >= 15 is 0 Å². The first kappa shape index (κ1) is 12.6. The lowest BCUT2D eigenvalue weighted by Crippen LogP contribution is -2.18. The molecule has 0 heterocycles. The topological polar surface area (TPSA) is 17.1 Å². The molecule has 0 aliphatic heterocycles. The van der Waals surface area contributed by atoms with Crippen molar-refractivity contribution in [1.29, 1.82) is 0 Å². The molecule has 0 unspecified atom stereocenters. The average Bonchev–Trinajstić information content (AvgIpc) is 2.38. The van der Waals surface area contributed by atoms with Gasteiger partial charge in [0.05, 0.1) is 0 Å². The van der Waals surface area contributed by atoms with Gasteiger partial charge in [0.2, 0.25) is 0 Å². The fourth-order valence-electron chi connectivity index (χ4n) is 2.66. The summed E-state index contributed by atoms with van der Waals surface area (Å²) in [5.41, 5.74) is 6.16. The van der Waals surface area contributed by atoms with E-state index in [1.807, 2.05) is 6.07 Å². The van der Waals surface area contributed by atoms with E-state index < -0.39 is 0 Å². The molecule has 1 aliphatic rings. The first-order chi connectivity index (χ1) is 9.17. The van der Waals surface area contributed by atoms with Crippen LogP contribution in [0.2, 0.25) is 0 Å². The van der Waals surface area contributed by atoms with Crippen LogP contribution in [0.15, 0.2) is 40.9 Å². The second-order valence-electron chi connectivity index (χ2n) is 5.03. The molecular formula is C17H15BrO. The van der Waals surface area contributed by atoms with Gasteiger partial charge in [-0.25, -0.2) is 0 Å². The van der Waals surface area contributed by atoms with Crippen LogP contribution in [0.4, 0.5) is 0 Å². The van der Waals surface area contributed by atoms with Crippen LogP contribution in [-0.4, -0.2) is 5.78 Å². The number of ketones is 1. The molecule has 0 fully saturated rings. The lowest BCUT2D eigenvalue weighted by Gasteiger charge is -2.18. The Morgan fingerprint density at radius 1 is 1.11 bits per heavy atom. The first-order valence-corrected chi connectivity index (χ1v) is 7.39. The van der Waals surface area contributed by atoms with E-state index in [4.69, 9.17) is 0 Å². The Kier molecular flexibility index (Phi) is 3.28. The molecule has 0 saturated heterocycles. The minimum atomic E-state index is 0.276. The highest BCUT2D eigenvalue weighted by atomic mass is 79.9. The number of halogens is 1. The van der Waals surface area contributed by atoms with Crippen molar-refractivity contribution in [3.8, 4) is 0 Å². The predicted molar refractivity (Wildman–Crippen MR) is 80.8 cm³/mol. The number of carbonyl (C=O) groups is 1. The zero-order valence-corrected chi connectivity index (χ0v) is 12.5. The summed E-state index contributed by atoms with van der Waals surface area (Å²) in [4.78, 5) is 11.3. The Hall–Kier alpha value is -1.41. The largest absolute Gasteiger partial charge is 0.294 e. The van der Waals surface area contributed by atoms with Gasteiger partial charge in [-0.1, -0.05) is 47.1 Å². The lowest BCUT2D eigenvalue weighted by atomic mass is 9.85. The van der Waals surface area contributed by atoms with Crippen LogP contribution in [0.1, 0.15) is 39.5 Å². The van der Waals surface area contributed by atoms with E-state index in [2.05, 4.69) is 53.2 Å². The zero-order chi connectivity index (χ0) is 13.4. The highest BCUT2D eigenvalue weighted by Crippen LogP contribution is 2.26. The van der Waals surface area contributed by atoms with Gasteiger partial charge in [0.15, 0.2) is 5.78 Å². The van der Waals surface area contributed by atoms with E-state index in [0.29, 0.717) is 6.42 Å². The number of hydrogen-bond donors (Lipinski definition) is 0. The number of fused-ring (bicyclic) bond motifs is 1. The van der Waals surface area contributed by atoms with Crippen LogP contribution in [0.25, 0.3) is 0 Å². The summed E-state index contributed by atoms with van der Waals surface area (Å²) >= 11 is 3.54. The SMILES string of the molecule is CCc1ccc(Br)cc1Cc1ccc2c(c1)CC2=O. The molecule has 2 heteroatoms. The number of Topliss-reactive ketones (excluding diaryl/α,β-unsaturated/α-hetero) is 1. The zero-order valence-electron chi connectivity index (χ0n) is 10.9. The number of carbonyl (C=O) groups excluding carboxylic acids is 1. The molecular weight excluding hydrogens is 300 g/mol. The fraction of sp³-hybridized carbons (Fsp3) is 0.235. The van der Waals surface area contributed by atoms with Crippen molar-refractivity contribution < 1.29 is 4.79 Å². The fourth-order valence-corrected chi connectivity index (χ4v) is 3.07.